The Labute approximate surface area is 105 Å². The lowest BCUT2D eigenvalue weighted by Gasteiger charge is -2.39. The Morgan fingerprint density at radius 2 is 2.33 bits per heavy atom. The summed E-state index contributed by atoms with van der Waals surface area (Å²) in [5.41, 5.74) is 1.09. The highest BCUT2D eigenvalue weighted by atomic mass is 16.6. The molecule has 0 spiro atoms. The second-order valence-corrected chi connectivity index (χ2v) is 4.17. The van der Waals surface area contributed by atoms with Crippen molar-refractivity contribution in [2.24, 2.45) is 0 Å². The minimum Gasteiger partial charge on any atom is -0.365 e. The van der Waals surface area contributed by atoms with Crippen LogP contribution in [0.2, 0.25) is 0 Å². The van der Waals surface area contributed by atoms with E-state index >= 15 is 0 Å². The molecule has 1 fully saturated rings. The van der Waals surface area contributed by atoms with Crippen LogP contribution in [-0.4, -0.2) is 30.6 Å². The van der Waals surface area contributed by atoms with E-state index in [0.29, 0.717) is 11.6 Å². The lowest BCUT2D eigenvalue weighted by Crippen LogP contribution is -2.57. The number of likely N-dealkylation sites (N-methyl/N-ethyl adjacent to an activating group) is 1. The van der Waals surface area contributed by atoms with Crippen molar-refractivity contribution in [1.82, 2.24) is 5.32 Å². The van der Waals surface area contributed by atoms with Gasteiger partial charge in [0.2, 0.25) is 0 Å². The summed E-state index contributed by atoms with van der Waals surface area (Å²) in [5.74, 6) is 0. The maximum atomic E-state index is 10.7. The summed E-state index contributed by atoms with van der Waals surface area (Å²) in [6, 6.07) is 6.86. The number of nitro groups is 1. The fourth-order valence-electron chi connectivity index (χ4n) is 2.10. The second kappa shape index (κ2) is 5.02. The molecule has 6 heteroatoms. The molecule has 0 aliphatic carbocycles. The van der Waals surface area contributed by atoms with Crippen LogP contribution in [0.25, 0.3) is 0 Å². The number of nitro benzene ring substituents is 1. The minimum absolute atomic E-state index is 0.0434. The van der Waals surface area contributed by atoms with E-state index in [1.54, 1.807) is 6.07 Å². The molecule has 0 aromatic heterocycles. The Balaban J connectivity index is 2.37. The monoisotopic (exact) mass is 246 g/mol. The van der Waals surface area contributed by atoms with E-state index < -0.39 is 4.92 Å². The molecule has 18 heavy (non-hydrogen) atoms. The Bertz CT molecular complexity index is 505. The summed E-state index contributed by atoms with van der Waals surface area (Å²) >= 11 is 0. The van der Waals surface area contributed by atoms with Crippen LogP contribution in [0.1, 0.15) is 12.5 Å². The van der Waals surface area contributed by atoms with Crippen LogP contribution in [0.15, 0.2) is 18.2 Å². The first kappa shape index (κ1) is 12.3. The van der Waals surface area contributed by atoms with E-state index in [1.807, 2.05) is 13.0 Å². The number of nitriles is 1. The Morgan fingerprint density at radius 3 is 2.78 bits per heavy atom. The Morgan fingerprint density at radius 1 is 1.61 bits per heavy atom. The van der Waals surface area contributed by atoms with Gasteiger partial charge < -0.3 is 10.2 Å². The number of benzene rings is 1. The van der Waals surface area contributed by atoms with Crippen molar-refractivity contribution in [2.45, 2.75) is 13.0 Å². The largest absolute Gasteiger partial charge is 0.365 e. The summed E-state index contributed by atoms with van der Waals surface area (Å²) in [7, 11) is 0. The zero-order valence-electron chi connectivity index (χ0n) is 10.1. The highest BCUT2D eigenvalue weighted by Gasteiger charge is 2.26. The topological polar surface area (TPSA) is 82.2 Å². The molecule has 1 aromatic carbocycles. The van der Waals surface area contributed by atoms with Crippen LogP contribution in [-0.2, 0) is 0 Å². The van der Waals surface area contributed by atoms with E-state index in [0.717, 1.165) is 25.3 Å². The number of hydrogen-bond donors (Lipinski definition) is 1. The van der Waals surface area contributed by atoms with Gasteiger partial charge >= 0.3 is 0 Å². The molecule has 0 saturated carbocycles. The van der Waals surface area contributed by atoms with Crippen molar-refractivity contribution in [2.75, 3.05) is 24.5 Å². The van der Waals surface area contributed by atoms with Crippen LogP contribution < -0.4 is 10.2 Å². The highest BCUT2D eigenvalue weighted by molar-refractivity contribution is 5.63. The smallest absolute Gasteiger partial charge is 0.270 e. The zero-order chi connectivity index (χ0) is 13.1. The Hall–Kier alpha value is -2.13. The van der Waals surface area contributed by atoms with Crippen molar-refractivity contribution in [1.29, 1.82) is 5.26 Å². The van der Waals surface area contributed by atoms with Gasteiger partial charge in [0.15, 0.2) is 0 Å². The molecule has 0 unspecified atom stereocenters. The average molecular weight is 246 g/mol. The molecular weight excluding hydrogens is 232 g/mol. The standard InChI is InChI=1S/C12H14N4O2/c1-2-15(11-7-14-8-11)12-4-3-10(16(17)18)5-9(12)6-13/h3-5,11,14H,2,7-8H2,1H3. The molecule has 0 amide bonds. The zero-order valence-corrected chi connectivity index (χ0v) is 10.1. The maximum Gasteiger partial charge on any atom is 0.270 e. The lowest BCUT2D eigenvalue weighted by atomic mass is 10.1. The van der Waals surface area contributed by atoms with E-state index in [2.05, 4.69) is 10.2 Å². The van der Waals surface area contributed by atoms with E-state index in [9.17, 15) is 10.1 Å². The van der Waals surface area contributed by atoms with Gasteiger partial charge in [0.05, 0.1) is 22.2 Å². The predicted octanol–water partition coefficient (Wildman–Crippen LogP) is 1.26. The first-order chi connectivity index (χ1) is 8.67. The van der Waals surface area contributed by atoms with Crippen molar-refractivity contribution in [3.8, 4) is 6.07 Å². The molecule has 1 aliphatic heterocycles. The molecule has 1 aliphatic rings. The second-order valence-electron chi connectivity index (χ2n) is 4.17. The minimum atomic E-state index is -0.480. The third-order valence-corrected chi connectivity index (χ3v) is 3.16. The van der Waals surface area contributed by atoms with Gasteiger partial charge in [0, 0.05) is 31.8 Å². The molecule has 0 bridgehead atoms. The average Bonchev–Trinajstić information content (AvgIpc) is 2.32. The fourth-order valence-corrected chi connectivity index (χ4v) is 2.10. The van der Waals surface area contributed by atoms with Crippen molar-refractivity contribution in [3.05, 3.63) is 33.9 Å². The normalized spacial score (nSPS) is 14.7. The van der Waals surface area contributed by atoms with Crippen LogP contribution in [0.5, 0.6) is 0 Å². The lowest BCUT2D eigenvalue weighted by molar-refractivity contribution is -0.384. The highest BCUT2D eigenvalue weighted by Crippen LogP contribution is 2.27. The maximum absolute atomic E-state index is 10.7. The number of rotatable bonds is 4. The van der Waals surface area contributed by atoms with Crippen molar-refractivity contribution >= 4 is 11.4 Å². The van der Waals surface area contributed by atoms with Gasteiger partial charge in [-0.1, -0.05) is 0 Å². The SMILES string of the molecule is CCN(c1ccc([N+](=O)[O-])cc1C#N)C1CNC1. The van der Waals surface area contributed by atoms with Crippen LogP contribution in [0.4, 0.5) is 11.4 Å². The van der Waals surface area contributed by atoms with Crippen LogP contribution in [0.3, 0.4) is 0 Å². The number of nitrogens with one attached hydrogen (secondary N) is 1. The Kier molecular flexibility index (Phi) is 3.44. The first-order valence-corrected chi connectivity index (χ1v) is 5.83. The molecule has 0 radical (unpaired) electrons. The first-order valence-electron chi connectivity index (χ1n) is 5.83. The number of anilines is 1. The van der Waals surface area contributed by atoms with Gasteiger partial charge in [0.1, 0.15) is 6.07 Å². The predicted molar refractivity (Wildman–Crippen MR) is 67.5 cm³/mol. The quantitative estimate of drug-likeness (QED) is 0.639. The molecule has 6 nitrogen and oxygen atoms in total. The van der Waals surface area contributed by atoms with Gasteiger partial charge in [-0.25, -0.2) is 0 Å². The number of nitrogens with zero attached hydrogens (tertiary/aromatic N) is 3. The number of hydrogen-bond acceptors (Lipinski definition) is 5. The summed E-state index contributed by atoms with van der Waals surface area (Å²) in [4.78, 5) is 12.3. The molecule has 1 aromatic rings. The molecule has 0 atom stereocenters. The van der Waals surface area contributed by atoms with E-state index in [4.69, 9.17) is 5.26 Å². The summed E-state index contributed by atoms with van der Waals surface area (Å²) in [6.45, 7) is 4.56. The molecule has 1 heterocycles. The van der Waals surface area contributed by atoms with Gasteiger partial charge in [-0.15, -0.1) is 0 Å². The van der Waals surface area contributed by atoms with Crippen molar-refractivity contribution in [3.63, 3.8) is 0 Å². The van der Waals surface area contributed by atoms with Gasteiger partial charge in [0.25, 0.3) is 5.69 Å². The van der Waals surface area contributed by atoms with E-state index in [-0.39, 0.29) is 5.69 Å². The molecular formula is C12H14N4O2. The third kappa shape index (κ3) is 2.13. The van der Waals surface area contributed by atoms with Gasteiger partial charge in [-0.3, -0.25) is 10.1 Å². The summed E-state index contributed by atoms with van der Waals surface area (Å²) < 4.78 is 0. The molecule has 2 rings (SSSR count). The van der Waals surface area contributed by atoms with Crippen molar-refractivity contribution < 1.29 is 4.92 Å². The van der Waals surface area contributed by atoms with Gasteiger partial charge in [-0.2, -0.15) is 5.26 Å². The third-order valence-electron chi connectivity index (χ3n) is 3.16. The molecule has 1 N–H and O–H groups in total. The van der Waals surface area contributed by atoms with Crippen LogP contribution >= 0.6 is 0 Å². The molecule has 1 saturated heterocycles. The van der Waals surface area contributed by atoms with Gasteiger partial charge in [-0.05, 0) is 13.0 Å². The van der Waals surface area contributed by atoms with E-state index in [1.165, 1.54) is 12.1 Å². The summed E-state index contributed by atoms with van der Waals surface area (Å²) in [5, 5.41) is 23.0. The van der Waals surface area contributed by atoms with Crippen LogP contribution in [0, 0.1) is 21.4 Å². The summed E-state index contributed by atoms with van der Waals surface area (Å²) in [6.07, 6.45) is 0. The fraction of sp³-hybridized carbons (Fsp3) is 0.417. The molecule has 94 valence electrons. The number of non-ortho nitro benzene ring substituents is 1.